The van der Waals surface area contributed by atoms with E-state index in [4.69, 9.17) is 10.9 Å². The van der Waals surface area contributed by atoms with Gasteiger partial charge in [0.05, 0.1) is 0 Å². The zero-order valence-electron chi connectivity index (χ0n) is 15.6. The van der Waals surface area contributed by atoms with Crippen molar-refractivity contribution in [3.63, 3.8) is 0 Å². The Balaban J connectivity index is 0.000000143. The summed E-state index contributed by atoms with van der Waals surface area (Å²) >= 11 is 1.49. The molecule has 2 amide bonds. The highest BCUT2D eigenvalue weighted by atomic mass is 32.2. The zero-order chi connectivity index (χ0) is 18.8. The van der Waals surface area contributed by atoms with Gasteiger partial charge in [-0.1, -0.05) is 42.3 Å². The first kappa shape index (κ1) is 18.4. The van der Waals surface area contributed by atoms with Gasteiger partial charge in [0.1, 0.15) is 0 Å². The van der Waals surface area contributed by atoms with Crippen LogP contribution < -0.4 is 16.2 Å². The number of urea groups is 1. The number of hydrogen-bond donors (Lipinski definition) is 3. The van der Waals surface area contributed by atoms with Gasteiger partial charge in [-0.2, -0.15) is 0 Å². The molecular weight excluding hydrogens is 354 g/mol. The third-order valence-corrected chi connectivity index (χ3v) is 6.65. The van der Waals surface area contributed by atoms with Crippen molar-refractivity contribution in [2.45, 2.75) is 56.6 Å². The molecule has 3 aliphatic carbocycles. The van der Waals surface area contributed by atoms with Gasteiger partial charge < -0.3 is 11.1 Å². The Bertz CT molecular complexity index is 808. The van der Waals surface area contributed by atoms with Crippen molar-refractivity contribution in [1.82, 2.24) is 0 Å². The van der Waals surface area contributed by atoms with E-state index in [1.54, 1.807) is 0 Å². The van der Waals surface area contributed by atoms with E-state index in [-0.39, 0.29) is 0 Å². The third-order valence-electron chi connectivity index (χ3n) is 5.93. The third kappa shape index (κ3) is 3.85. The van der Waals surface area contributed by atoms with E-state index in [0.717, 1.165) is 44.2 Å². The van der Waals surface area contributed by atoms with E-state index in [0.29, 0.717) is 5.25 Å². The number of nitrogens with two attached hydrogens (primary N) is 2. The van der Waals surface area contributed by atoms with E-state index < -0.39 is 6.03 Å². The number of hydrogen-bond acceptors (Lipinski definition) is 3. The van der Waals surface area contributed by atoms with E-state index in [9.17, 15) is 4.79 Å². The quantitative estimate of drug-likeness (QED) is 0.690. The Labute approximate surface area is 165 Å². The number of rotatable bonds is 2. The fourth-order valence-corrected chi connectivity index (χ4v) is 5.26. The number of anilines is 1. The molecule has 0 heterocycles. The number of aryl methyl sites for hydroxylation is 2. The van der Waals surface area contributed by atoms with Crippen LogP contribution >= 0.6 is 11.9 Å². The minimum Gasteiger partial charge on any atom is -0.351 e. The first-order chi connectivity index (χ1) is 13.2. The highest BCUT2D eigenvalue weighted by molar-refractivity contribution is 7.97. The van der Waals surface area contributed by atoms with E-state index in [1.165, 1.54) is 58.2 Å². The average molecular weight is 382 g/mol. The standard InChI is InChI=1S/C13H16N2O.C9H11NS/c14-13(16)15-12-10-5-1-3-8(10)7-9-4-2-6-11(9)12;10-11-9-5-7-3-1-2-4-8(7)6-9/h7H,1-6H2,(H3,14,15,16);1-4,9H,5-6,10H2. The molecular formula is C22H27N3OS. The lowest BCUT2D eigenvalue weighted by atomic mass is 9.99. The minimum atomic E-state index is -0.436. The van der Waals surface area contributed by atoms with Gasteiger partial charge in [-0.05, 0) is 84.7 Å². The maximum absolute atomic E-state index is 11.1. The number of carbonyl (C=O) groups is 1. The highest BCUT2D eigenvalue weighted by Gasteiger charge is 2.24. The van der Waals surface area contributed by atoms with Gasteiger partial charge in [0.15, 0.2) is 0 Å². The van der Waals surface area contributed by atoms with Gasteiger partial charge >= 0.3 is 6.03 Å². The molecule has 142 valence electrons. The van der Waals surface area contributed by atoms with E-state index >= 15 is 0 Å². The Morgan fingerprint density at radius 1 is 0.926 bits per heavy atom. The summed E-state index contributed by atoms with van der Waals surface area (Å²) in [4.78, 5) is 11.1. The van der Waals surface area contributed by atoms with Crippen LogP contribution in [0.2, 0.25) is 0 Å². The molecule has 5 N–H and O–H groups in total. The first-order valence-electron chi connectivity index (χ1n) is 9.81. The van der Waals surface area contributed by atoms with Gasteiger partial charge in [0.2, 0.25) is 0 Å². The first-order valence-corrected chi connectivity index (χ1v) is 10.7. The maximum atomic E-state index is 11.1. The lowest BCUT2D eigenvalue weighted by Crippen LogP contribution is -2.21. The lowest BCUT2D eigenvalue weighted by molar-refractivity contribution is 0.259. The van der Waals surface area contributed by atoms with Crippen LogP contribution in [0, 0.1) is 0 Å². The maximum Gasteiger partial charge on any atom is 0.316 e. The fourth-order valence-electron chi connectivity index (χ4n) is 4.71. The molecule has 27 heavy (non-hydrogen) atoms. The molecule has 0 aliphatic heterocycles. The summed E-state index contributed by atoms with van der Waals surface area (Å²) in [6, 6.07) is 10.5. The molecule has 5 rings (SSSR count). The van der Waals surface area contributed by atoms with Crippen molar-refractivity contribution in [2.75, 3.05) is 5.32 Å². The van der Waals surface area contributed by atoms with Crippen molar-refractivity contribution < 1.29 is 4.79 Å². The number of amides is 2. The molecule has 0 radical (unpaired) electrons. The molecule has 0 saturated heterocycles. The SMILES string of the molecule is NC(=O)Nc1c2c(cc3c1CCC3)CCC2.NSC1Cc2ccccc2C1. The molecule has 0 atom stereocenters. The summed E-state index contributed by atoms with van der Waals surface area (Å²) in [7, 11) is 0. The van der Waals surface area contributed by atoms with Gasteiger partial charge in [0.25, 0.3) is 0 Å². The van der Waals surface area contributed by atoms with Crippen molar-refractivity contribution >= 4 is 23.7 Å². The topological polar surface area (TPSA) is 81.1 Å². The van der Waals surface area contributed by atoms with Gasteiger partial charge in [-0.15, -0.1) is 0 Å². The summed E-state index contributed by atoms with van der Waals surface area (Å²) in [5, 5.41) is 8.99. The molecule has 0 saturated carbocycles. The summed E-state index contributed by atoms with van der Waals surface area (Å²) < 4.78 is 0. The largest absolute Gasteiger partial charge is 0.351 e. The predicted molar refractivity (Wildman–Crippen MR) is 113 cm³/mol. The summed E-state index contributed by atoms with van der Waals surface area (Å²) in [6.07, 6.45) is 9.16. The molecule has 4 nitrogen and oxygen atoms in total. The van der Waals surface area contributed by atoms with Crippen LogP contribution in [0.25, 0.3) is 0 Å². The summed E-state index contributed by atoms with van der Waals surface area (Å²) in [5.41, 5.74) is 14.8. The summed E-state index contributed by atoms with van der Waals surface area (Å²) in [6.45, 7) is 0. The van der Waals surface area contributed by atoms with Crippen LogP contribution in [-0.4, -0.2) is 11.3 Å². The number of carbonyl (C=O) groups excluding carboxylic acids is 1. The second kappa shape index (κ2) is 7.95. The minimum absolute atomic E-state index is 0.436. The monoisotopic (exact) mass is 381 g/mol. The van der Waals surface area contributed by atoms with Gasteiger partial charge in [-0.25, -0.2) is 4.79 Å². The van der Waals surface area contributed by atoms with Crippen LogP contribution in [-0.2, 0) is 38.5 Å². The molecule has 0 bridgehead atoms. The Hall–Kier alpha value is -1.98. The van der Waals surface area contributed by atoms with Crippen molar-refractivity contribution in [3.8, 4) is 0 Å². The van der Waals surface area contributed by atoms with E-state index in [1.807, 2.05) is 0 Å². The average Bonchev–Trinajstić information content (AvgIpc) is 3.39. The normalized spacial score (nSPS) is 16.9. The molecule has 2 aromatic rings. The molecule has 0 fully saturated rings. The number of fused-ring (bicyclic) bond motifs is 3. The van der Waals surface area contributed by atoms with Crippen LogP contribution in [0.3, 0.4) is 0 Å². The number of benzene rings is 2. The predicted octanol–water partition coefficient (Wildman–Crippen LogP) is 3.92. The molecule has 0 unspecified atom stereocenters. The second-order valence-corrected chi connectivity index (χ2v) is 8.60. The zero-order valence-corrected chi connectivity index (χ0v) is 16.4. The van der Waals surface area contributed by atoms with Gasteiger partial charge in [-0.3, -0.25) is 5.14 Å². The molecule has 3 aliphatic rings. The number of primary amides is 1. The molecule has 2 aromatic carbocycles. The summed E-state index contributed by atoms with van der Waals surface area (Å²) in [5.74, 6) is 0. The number of nitrogens with one attached hydrogen (secondary N) is 1. The van der Waals surface area contributed by atoms with E-state index in [2.05, 4.69) is 35.6 Å². The highest BCUT2D eigenvalue weighted by Crippen LogP contribution is 2.38. The fraction of sp³-hybridized carbons (Fsp3) is 0.409. The Morgan fingerprint density at radius 2 is 1.48 bits per heavy atom. The molecule has 0 aromatic heterocycles. The Kier molecular flexibility index (Phi) is 5.41. The second-order valence-electron chi connectivity index (χ2n) is 7.66. The smallest absolute Gasteiger partial charge is 0.316 e. The van der Waals surface area contributed by atoms with Crippen molar-refractivity contribution in [2.24, 2.45) is 10.9 Å². The van der Waals surface area contributed by atoms with Gasteiger partial charge in [0, 0.05) is 10.9 Å². The van der Waals surface area contributed by atoms with Crippen LogP contribution in [0.1, 0.15) is 46.2 Å². The molecule has 5 heteroatoms. The molecule has 0 spiro atoms. The Morgan fingerprint density at radius 3 is 1.96 bits per heavy atom. The van der Waals surface area contributed by atoms with Crippen molar-refractivity contribution in [1.29, 1.82) is 0 Å². The van der Waals surface area contributed by atoms with Crippen LogP contribution in [0.15, 0.2) is 30.3 Å². The van der Waals surface area contributed by atoms with Crippen molar-refractivity contribution in [3.05, 3.63) is 63.7 Å². The lowest BCUT2D eigenvalue weighted by Gasteiger charge is -2.14. The van der Waals surface area contributed by atoms with Crippen LogP contribution in [0.4, 0.5) is 10.5 Å². The van der Waals surface area contributed by atoms with Crippen LogP contribution in [0.5, 0.6) is 0 Å².